The van der Waals surface area contributed by atoms with Gasteiger partial charge >= 0.3 is 0 Å². The van der Waals surface area contributed by atoms with Gasteiger partial charge in [0.25, 0.3) is 0 Å². The van der Waals surface area contributed by atoms with Crippen molar-refractivity contribution in [2.24, 2.45) is 0 Å². The predicted octanol–water partition coefficient (Wildman–Crippen LogP) is 1.37. The Morgan fingerprint density at radius 1 is 1.33 bits per heavy atom. The van der Waals surface area contributed by atoms with E-state index in [1.165, 1.54) is 5.56 Å². The molecule has 1 aromatic rings. The van der Waals surface area contributed by atoms with Gasteiger partial charge in [-0.25, -0.2) is 0 Å². The number of aryl methyl sites for hydroxylation is 2. The van der Waals surface area contributed by atoms with E-state index in [2.05, 4.69) is 15.5 Å². The highest BCUT2D eigenvalue weighted by Gasteiger charge is 2.09. The van der Waals surface area contributed by atoms with E-state index >= 15 is 0 Å². The van der Waals surface area contributed by atoms with Gasteiger partial charge in [0.1, 0.15) is 0 Å². The van der Waals surface area contributed by atoms with Crippen molar-refractivity contribution < 1.29 is 4.79 Å². The van der Waals surface area contributed by atoms with Crippen molar-refractivity contribution in [2.75, 3.05) is 19.6 Å². The quantitative estimate of drug-likeness (QED) is 0.721. The predicted molar refractivity (Wildman–Crippen MR) is 72.3 cm³/mol. The summed E-state index contributed by atoms with van der Waals surface area (Å²) in [5.41, 5.74) is 3.32. The number of nitrogens with zero attached hydrogens (tertiary/aromatic N) is 2. The Labute approximate surface area is 109 Å². The van der Waals surface area contributed by atoms with E-state index in [4.69, 9.17) is 0 Å². The van der Waals surface area contributed by atoms with Crippen molar-refractivity contribution in [1.82, 2.24) is 20.4 Å². The highest BCUT2D eigenvalue weighted by atomic mass is 16.2. The van der Waals surface area contributed by atoms with Gasteiger partial charge in [-0.3, -0.25) is 9.89 Å². The van der Waals surface area contributed by atoms with Crippen molar-refractivity contribution in [1.29, 1.82) is 0 Å². The SMILES string of the molecule is CCN(CC)C(=O)CCNCc1c(C)n[nH]c1C. The normalized spacial score (nSPS) is 10.7. The summed E-state index contributed by atoms with van der Waals surface area (Å²) in [5, 5.41) is 10.4. The van der Waals surface area contributed by atoms with Crippen molar-refractivity contribution in [3.05, 3.63) is 17.0 Å². The lowest BCUT2D eigenvalue weighted by Crippen LogP contribution is -2.32. The molecule has 2 N–H and O–H groups in total. The highest BCUT2D eigenvalue weighted by Crippen LogP contribution is 2.08. The van der Waals surface area contributed by atoms with Gasteiger partial charge in [-0.15, -0.1) is 0 Å². The average Bonchev–Trinajstić information content (AvgIpc) is 2.67. The zero-order valence-electron chi connectivity index (χ0n) is 11.8. The number of amides is 1. The van der Waals surface area contributed by atoms with Crippen LogP contribution in [0, 0.1) is 13.8 Å². The molecule has 0 aliphatic heterocycles. The Bertz CT molecular complexity index is 363. The van der Waals surface area contributed by atoms with E-state index in [0.717, 1.165) is 31.0 Å². The van der Waals surface area contributed by atoms with Gasteiger partial charge < -0.3 is 10.2 Å². The molecule has 0 radical (unpaired) electrons. The Hall–Kier alpha value is -1.36. The maximum atomic E-state index is 11.8. The third kappa shape index (κ3) is 3.84. The first-order chi connectivity index (χ1) is 8.60. The van der Waals surface area contributed by atoms with Gasteiger partial charge in [0.2, 0.25) is 5.91 Å². The second-order valence-electron chi connectivity index (χ2n) is 4.41. The highest BCUT2D eigenvalue weighted by molar-refractivity contribution is 5.76. The molecule has 5 nitrogen and oxygen atoms in total. The Kier molecular flexibility index (Phi) is 5.85. The van der Waals surface area contributed by atoms with Crippen molar-refractivity contribution in [3.63, 3.8) is 0 Å². The molecule has 0 saturated heterocycles. The summed E-state index contributed by atoms with van der Waals surface area (Å²) < 4.78 is 0. The van der Waals surface area contributed by atoms with Gasteiger partial charge in [0.05, 0.1) is 5.69 Å². The van der Waals surface area contributed by atoms with Crippen LogP contribution in [0.2, 0.25) is 0 Å². The molecule has 1 aromatic heterocycles. The van der Waals surface area contributed by atoms with E-state index in [1.807, 2.05) is 32.6 Å². The first-order valence-corrected chi connectivity index (χ1v) is 6.59. The zero-order valence-corrected chi connectivity index (χ0v) is 11.8. The van der Waals surface area contributed by atoms with Crippen molar-refractivity contribution in [2.45, 2.75) is 40.7 Å². The third-order valence-corrected chi connectivity index (χ3v) is 3.21. The molecule has 0 aliphatic carbocycles. The molecule has 0 saturated carbocycles. The van der Waals surface area contributed by atoms with Crippen LogP contribution in [0.25, 0.3) is 0 Å². The average molecular weight is 252 g/mol. The molecule has 0 aliphatic rings. The maximum absolute atomic E-state index is 11.8. The van der Waals surface area contributed by atoms with Gasteiger partial charge in [0, 0.05) is 43.9 Å². The molecule has 0 unspecified atom stereocenters. The Morgan fingerprint density at radius 3 is 2.50 bits per heavy atom. The van der Waals surface area contributed by atoms with Crippen molar-refractivity contribution >= 4 is 5.91 Å². The van der Waals surface area contributed by atoms with Crippen LogP contribution in [0.15, 0.2) is 0 Å². The Balaban J connectivity index is 2.29. The number of aromatic amines is 1. The molecule has 0 spiro atoms. The summed E-state index contributed by atoms with van der Waals surface area (Å²) in [6.45, 7) is 11.1. The van der Waals surface area contributed by atoms with Gasteiger partial charge in [0.15, 0.2) is 0 Å². The smallest absolute Gasteiger partial charge is 0.223 e. The number of nitrogens with one attached hydrogen (secondary N) is 2. The van der Waals surface area contributed by atoms with E-state index < -0.39 is 0 Å². The lowest BCUT2D eigenvalue weighted by Gasteiger charge is -2.18. The van der Waals surface area contributed by atoms with E-state index in [1.54, 1.807) is 0 Å². The first kappa shape index (κ1) is 14.7. The molecule has 0 atom stereocenters. The lowest BCUT2D eigenvalue weighted by atomic mass is 10.2. The molecular formula is C13H24N4O. The molecule has 1 heterocycles. The van der Waals surface area contributed by atoms with Crippen LogP contribution in [-0.4, -0.2) is 40.6 Å². The second kappa shape index (κ2) is 7.16. The fourth-order valence-electron chi connectivity index (χ4n) is 1.98. The van der Waals surface area contributed by atoms with Crippen LogP contribution < -0.4 is 5.32 Å². The molecule has 0 bridgehead atoms. The summed E-state index contributed by atoms with van der Waals surface area (Å²) in [7, 11) is 0. The summed E-state index contributed by atoms with van der Waals surface area (Å²) in [6, 6.07) is 0. The van der Waals surface area contributed by atoms with E-state index in [0.29, 0.717) is 13.0 Å². The third-order valence-electron chi connectivity index (χ3n) is 3.21. The largest absolute Gasteiger partial charge is 0.343 e. The minimum atomic E-state index is 0.216. The number of H-pyrrole nitrogens is 1. The molecule has 18 heavy (non-hydrogen) atoms. The number of hydrogen-bond acceptors (Lipinski definition) is 3. The van der Waals surface area contributed by atoms with Gasteiger partial charge in [-0.05, 0) is 27.7 Å². The Morgan fingerprint density at radius 2 is 2.00 bits per heavy atom. The van der Waals surface area contributed by atoms with Gasteiger partial charge in [-0.2, -0.15) is 5.10 Å². The van der Waals surface area contributed by atoms with Crippen LogP contribution in [0.4, 0.5) is 0 Å². The number of aromatic nitrogens is 2. The first-order valence-electron chi connectivity index (χ1n) is 6.59. The van der Waals surface area contributed by atoms with E-state index in [-0.39, 0.29) is 5.91 Å². The fraction of sp³-hybridized carbons (Fsp3) is 0.692. The standard InChI is InChI=1S/C13H24N4O/c1-5-17(6-2)13(18)7-8-14-9-12-10(3)15-16-11(12)4/h14H,5-9H2,1-4H3,(H,15,16). The van der Waals surface area contributed by atoms with Gasteiger partial charge in [-0.1, -0.05) is 0 Å². The number of carbonyl (C=O) groups excluding carboxylic acids is 1. The van der Waals surface area contributed by atoms with Crippen LogP contribution in [0.5, 0.6) is 0 Å². The van der Waals surface area contributed by atoms with Crippen LogP contribution in [0.1, 0.15) is 37.2 Å². The minimum absolute atomic E-state index is 0.216. The summed E-state index contributed by atoms with van der Waals surface area (Å²) in [6.07, 6.45) is 0.553. The van der Waals surface area contributed by atoms with Crippen molar-refractivity contribution in [3.8, 4) is 0 Å². The molecular weight excluding hydrogens is 228 g/mol. The molecule has 1 amide bonds. The number of hydrogen-bond donors (Lipinski definition) is 2. The minimum Gasteiger partial charge on any atom is -0.343 e. The topological polar surface area (TPSA) is 61.0 Å². The van der Waals surface area contributed by atoms with Crippen LogP contribution >= 0.6 is 0 Å². The number of rotatable bonds is 7. The monoisotopic (exact) mass is 252 g/mol. The molecule has 0 fully saturated rings. The zero-order chi connectivity index (χ0) is 13.5. The van der Waals surface area contributed by atoms with Crippen LogP contribution in [-0.2, 0) is 11.3 Å². The maximum Gasteiger partial charge on any atom is 0.223 e. The lowest BCUT2D eigenvalue weighted by molar-refractivity contribution is -0.130. The fourth-order valence-corrected chi connectivity index (χ4v) is 1.98. The van der Waals surface area contributed by atoms with Crippen LogP contribution in [0.3, 0.4) is 0 Å². The van der Waals surface area contributed by atoms with E-state index in [9.17, 15) is 4.79 Å². The second-order valence-corrected chi connectivity index (χ2v) is 4.41. The summed E-state index contributed by atoms with van der Waals surface area (Å²) in [5.74, 6) is 0.216. The number of carbonyl (C=O) groups is 1. The molecule has 0 aromatic carbocycles. The summed E-state index contributed by atoms with van der Waals surface area (Å²) >= 11 is 0. The molecule has 1 rings (SSSR count). The molecule has 102 valence electrons. The molecule has 5 heteroatoms. The summed E-state index contributed by atoms with van der Waals surface area (Å²) in [4.78, 5) is 13.6.